The van der Waals surface area contributed by atoms with E-state index >= 15 is 0 Å². The van der Waals surface area contributed by atoms with Crippen LogP contribution < -0.4 is 30.0 Å². The first-order chi connectivity index (χ1) is 12.5. The van der Waals surface area contributed by atoms with Gasteiger partial charge in [-0.05, 0) is 36.2 Å². The molecule has 2 aromatic carbocycles. The summed E-state index contributed by atoms with van der Waals surface area (Å²) < 4.78 is 21.1. The van der Waals surface area contributed by atoms with Gasteiger partial charge in [0.1, 0.15) is 5.75 Å². The van der Waals surface area contributed by atoms with E-state index in [0.717, 1.165) is 5.56 Å². The second kappa shape index (κ2) is 10.4. The van der Waals surface area contributed by atoms with Gasteiger partial charge in [-0.2, -0.15) is 0 Å². The Morgan fingerprint density at radius 2 is 1.59 bits per heavy atom. The predicted molar refractivity (Wildman–Crippen MR) is 108 cm³/mol. The van der Waals surface area contributed by atoms with E-state index in [9.17, 15) is 4.79 Å². The number of carbonyl (C=O) groups is 1. The number of nitrogens with one attached hydrogen (secondary N) is 1. The van der Waals surface area contributed by atoms with E-state index in [1.807, 2.05) is 12.1 Å². The standard InChI is InChI=1S/C19H24N2O5.ClH/c1-23-13-6-7-14(20)15(11-13)21-18(22)8-5-12-9-16(24-2)19(26-4)17(10-12)25-3;/h6-7,9-11H,5,8,20H2,1-4H3,(H,21,22);1H. The topological polar surface area (TPSA) is 92.0 Å². The number of hydrogen-bond acceptors (Lipinski definition) is 6. The van der Waals surface area contributed by atoms with Gasteiger partial charge in [-0.1, -0.05) is 0 Å². The second-order valence-electron chi connectivity index (χ2n) is 5.53. The SMILES string of the molecule is COc1ccc(N)c(NC(=O)CCc2cc(OC)c(OC)c(OC)c2)c1.Cl. The van der Waals surface area contributed by atoms with Crippen molar-refractivity contribution in [3.8, 4) is 23.0 Å². The first-order valence-corrected chi connectivity index (χ1v) is 8.04. The second-order valence-corrected chi connectivity index (χ2v) is 5.53. The van der Waals surface area contributed by atoms with Crippen molar-refractivity contribution < 1.29 is 23.7 Å². The summed E-state index contributed by atoms with van der Waals surface area (Å²) >= 11 is 0. The highest BCUT2D eigenvalue weighted by Gasteiger charge is 2.14. The Hall–Kier alpha value is -2.80. The highest BCUT2D eigenvalue weighted by Crippen LogP contribution is 2.38. The van der Waals surface area contributed by atoms with Crippen LogP contribution in [0.4, 0.5) is 11.4 Å². The summed E-state index contributed by atoms with van der Waals surface area (Å²) in [6.07, 6.45) is 0.779. The zero-order valence-corrected chi connectivity index (χ0v) is 16.6. The smallest absolute Gasteiger partial charge is 0.224 e. The number of benzene rings is 2. The zero-order valence-electron chi connectivity index (χ0n) is 15.8. The van der Waals surface area contributed by atoms with E-state index in [-0.39, 0.29) is 24.7 Å². The van der Waals surface area contributed by atoms with Gasteiger partial charge in [0.25, 0.3) is 0 Å². The van der Waals surface area contributed by atoms with Crippen LogP contribution in [0.5, 0.6) is 23.0 Å². The molecule has 0 atom stereocenters. The molecule has 0 unspecified atom stereocenters. The number of carbonyl (C=O) groups excluding carboxylic acids is 1. The maximum absolute atomic E-state index is 12.3. The molecular weight excluding hydrogens is 372 g/mol. The van der Waals surface area contributed by atoms with Crippen molar-refractivity contribution >= 4 is 29.7 Å². The molecule has 1 amide bonds. The first-order valence-electron chi connectivity index (χ1n) is 8.04. The quantitative estimate of drug-likeness (QED) is 0.665. The normalized spacial score (nSPS) is 9.78. The van der Waals surface area contributed by atoms with Crippen molar-refractivity contribution in [2.24, 2.45) is 0 Å². The fraction of sp³-hybridized carbons (Fsp3) is 0.316. The Morgan fingerprint density at radius 3 is 2.11 bits per heavy atom. The van der Waals surface area contributed by atoms with Crippen molar-refractivity contribution in [1.82, 2.24) is 0 Å². The molecule has 0 heterocycles. The van der Waals surface area contributed by atoms with Crippen LogP contribution in [0.15, 0.2) is 30.3 Å². The van der Waals surface area contributed by atoms with Crippen molar-refractivity contribution in [3.63, 3.8) is 0 Å². The van der Waals surface area contributed by atoms with Crippen LogP contribution >= 0.6 is 12.4 Å². The van der Waals surface area contributed by atoms with Crippen LogP contribution in [-0.4, -0.2) is 34.3 Å². The van der Waals surface area contributed by atoms with E-state index in [1.54, 1.807) is 46.6 Å². The number of amides is 1. The molecule has 27 heavy (non-hydrogen) atoms. The molecule has 0 aromatic heterocycles. The molecule has 2 aromatic rings. The summed E-state index contributed by atoms with van der Waals surface area (Å²) in [7, 11) is 6.21. The number of halogens is 1. The van der Waals surface area contributed by atoms with Gasteiger partial charge >= 0.3 is 0 Å². The van der Waals surface area contributed by atoms with Crippen molar-refractivity contribution in [3.05, 3.63) is 35.9 Å². The van der Waals surface area contributed by atoms with Crippen LogP contribution in [-0.2, 0) is 11.2 Å². The van der Waals surface area contributed by atoms with Crippen molar-refractivity contribution in [2.75, 3.05) is 39.5 Å². The van der Waals surface area contributed by atoms with Crippen LogP contribution in [0.2, 0.25) is 0 Å². The highest BCUT2D eigenvalue weighted by atomic mass is 35.5. The van der Waals surface area contributed by atoms with E-state index in [1.165, 1.54) is 0 Å². The first kappa shape index (κ1) is 22.2. The van der Waals surface area contributed by atoms with Gasteiger partial charge in [0.2, 0.25) is 11.7 Å². The molecule has 2 rings (SSSR count). The highest BCUT2D eigenvalue weighted by molar-refractivity contribution is 5.94. The molecule has 0 bridgehead atoms. The lowest BCUT2D eigenvalue weighted by atomic mass is 10.1. The zero-order chi connectivity index (χ0) is 19.1. The average molecular weight is 397 g/mol. The Balaban J connectivity index is 0.00000364. The molecule has 148 valence electrons. The molecule has 0 aliphatic heterocycles. The van der Waals surface area contributed by atoms with E-state index < -0.39 is 0 Å². The molecule has 0 fully saturated rings. The molecular formula is C19H25ClN2O5. The van der Waals surface area contributed by atoms with Crippen molar-refractivity contribution in [2.45, 2.75) is 12.8 Å². The third-order valence-electron chi connectivity index (χ3n) is 3.90. The van der Waals surface area contributed by atoms with E-state index in [0.29, 0.717) is 40.8 Å². The maximum atomic E-state index is 12.3. The lowest BCUT2D eigenvalue weighted by molar-refractivity contribution is -0.116. The van der Waals surface area contributed by atoms with Gasteiger partial charge < -0.3 is 30.0 Å². The van der Waals surface area contributed by atoms with Gasteiger partial charge in [-0.15, -0.1) is 12.4 Å². The van der Waals surface area contributed by atoms with Gasteiger partial charge in [0.15, 0.2) is 11.5 Å². The molecule has 7 nitrogen and oxygen atoms in total. The number of rotatable bonds is 8. The van der Waals surface area contributed by atoms with Gasteiger partial charge in [-0.3, -0.25) is 4.79 Å². The van der Waals surface area contributed by atoms with Crippen LogP contribution in [0.3, 0.4) is 0 Å². The van der Waals surface area contributed by atoms with Crippen molar-refractivity contribution in [1.29, 1.82) is 0 Å². The fourth-order valence-corrected chi connectivity index (χ4v) is 2.52. The Bertz CT molecular complexity index is 758. The lowest BCUT2D eigenvalue weighted by Crippen LogP contribution is -2.13. The summed E-state index contributed by atoms with van der Waals surface area (Å²) in [5.74, 6) is 2.10. The minimum atomic E-state index is -0.154. The number of hydrogen-bond donors (Lipinski definition) is 2. The predicted octanol–water partition coefficient (Wildman–Crippen LogP) is 3.30. The lowest BCUT2D eigenvalue weighted by Gasteiger charge is -2.14. The van der Waals surface area contributed by atoms with Gasteiger partial charge in [0.05, 0.1) is 39.8 Å². The molecule has 0 saturated heterocycles. The Labute approximate surface area is 165 Å². The van der Waals surface area contributed by atoms with Gasteiger partial charge in [-0.25, -0.2) is 0 Å². The van der Waals surface area contributed by atoms with Crippen LogP contribution in [0, 0.1) is 0 Å². The Kier molecular flexibility index (Phi) is 8.55. The molecule has 0 spiro atoms. The monoisotopic (exact) mass is 396 g/mol. The Morgan fingerprint density at radius 1 is 0.963 bits per heavy atom. The number of nitrogens with two attached hydrogens (primary N) is 1. The minimum Gasteiger partial charge on any atom is -0.497 e. The largest absolute Gasteiger partial charge is 0.497 e. The summed E-state index contributed by atoms with van der Waals surface area (Å²) in [6, 6.07) is 8.77. The summed E-state index contributed by atoms with van der Waals surface area (Å²) in [4.78, 5) is 12.3. The number of ether oxygens (including phenoxy) is 4. The molecule has 8 heteroatoms. The molecule has 3 N–H and O–H groups in total. The maximum Gasteiger partial charge on any atom is 0.224 e. The van der Waals surface area contributed by atoms with E-state index in [4.69, 9.17) is 24.7 Å². The summed E-state index contributed by atoms with van der Waals surface area (Å²) in [6.45, 7) is 0. The molecule has 0 aliphatic rings. The third-order valence-corrected chi connectivity index (χ3v) is 3.90. The number of anilines is 2. The van der Waals surface area contributed by atoms with Gasteiger partial charge in [0, 0.05) is 12.5 Å². The fourth-order valence-electron chi connectivity index (χ4n) is 2.52. The summed E-state index contributed by atoms with van der Waals surface area (Å²) in [5.41, 5.74) is 7.79. The third kappa shape index (κ3) is 5.59. The molecule has 0 radical (unpaired) electrons. The number of aryl methyl sites for hydroxylation is 1. The molecule has 0 saturated carbocycles. The number of nitrogen functional groups attached to an aromatic ring is 1. The molecule has 0 aliphatic carbocycles. The van der Waals surface area contributed by atoms with Crippen LogP contribution in [0.1, 0.15) is 12.0 Å². The minimum absolute atomic E-state index is 0. The number of methoxy groups -OCH3 is 4. The van der Waals surface area contributed by atoms with Crippen LogP contribution in [0.25, 0.3) is 0 Å². The van der Waals surface area contributed by atoms with E-state index in [2.05, 4.69) is 5.32 Å². The summed E-state index contributed by atoms with van der Waals surface area (Å²) in [5, 5.41) is 2.80. The average Bonchev–Trinajstić information content (AvgIpc) is 2.67.